The third-order valence-corrected chi connectivity index (χ3v) is 5.67. The summed E-state index contributed by atoms with van der Waals surface area (Å²) in [5.74, 6) is -0.326. The van der Waals surface area contributed by atoms with Crippen LogP contribution in [0, 0.1) is 6.92 Å². The largest absolute Gasteiger partial charge is 0.480 e. The Labute approximate surface area is 146 Å². The van der Waals surface area contributed by atoms with E-state index < -0.39 is 5.97 Å². The van der Waals surface area contributed by atoms with Gasteiger partial charge in [0, 0.05) is 16.1 Å². The first-order valence-electron chi connectivity index (χ1n) is 8.03. The van der Waals surface area contributed by atoms with E-state index in [-0.39, 0.29) is 18.1 Å². The third kappa shape index (κ3) is 2.85. The molecule has 130 valence electrons. The summed E-state index contributed by atoms with van der Waals surface area (Å²) >= 11 is 1.38. The van der Waals surface area contributed by atoms with E-state index in [9.17, 15) is 9.59 Å². The number of H-pyrrole nitrogens is 2. The topological polar surface area (TPSA) is 115 Å². The second-order valence-electron chi connectivity index (χ2n) is 6.21. The SMILES string of the molecule is Cc1[nH]ncc1-c1cc2nc(C3CCCN3CC(=O)O)[nH]c(=O)c2s1. The minimum absolute atomic E-state index is 0.0461. The molecular formula is C16H17N5O3S. The van der Waals surface area contributed by atoms with Crippen molar-refractivity contribution in [2.45, 2.75) is 25.8 Å². The molecule has 8 nitrogen and oxygen atoms in total. The highest BCUT2D eigenvalue weighted by Gasteiger charge is 2.30. The van der Waals surface area contributed by atoms with Gasteiger partial charge in [-0.2, -0.15) is 5.10 Å². The van der Waals surface area contributed by atoms with E-state index in [0.717, 1.165) is 29.0 Å². The predicted octanol–water partition coefficient (Wildman–Crippen LogP) is 1.90. The summed E-state index contributed by atoms with van der Waals surface area (Å²) in [7, 11) is 0. The quantitative estimate of drug-likeness (QED) is 0.655. The van der Waals surface area contributed by atoms with Gasteiger partial charge in [-0.1, -0.05) is 0 Å². The maximum atomic E-state index is 12.5. The van der Waals surface area contributed by atoms with Crippen LogP contribution in [-0.4, -0.2) is 49.2 Å². The van der Waals surface area contributed by atoms with E-state index in [4.69, 9.17) is 5.11 Å². The van der Waals surface area contributed by atoms with Crippen LogP contribution in [0.25, 0.3) is 20.7 Å². The minimum Gasteiger partial charge on any atom is -0.480 e. The molecule has 0 amide bonds. The molecule has 3 aromatic heterocycles. The van der Waals surface area contributed by atoms with Crippen molar-refractivity contribution in [1.29, 1.82) is 0 Å². The van der Waals surface area contributed by atoms with Crippen LogP contribution in [-0.2, 0) is 4.79 Å². The molecule has 25 heavy (non-hydrogen) atoms. The van der Waals surface area contributed by atoms with Crippen molar-refractivity contribution in [1.82, 2.24) is 25.1 Å². The van der Waals surface area contributed by atoms with Crippen molar-refractivity contribution >= 4 is 27.5 Å². The number of aromatic amines is 2. The molecule has 9 heteroatoms. The van der Waals surface area contributed by atoms with Crippen molar-refractivity contribution in [2.24, 2.45) is 0 Å². The van der Waals surface area contributed by atoms with E-state index in [2.05, 4.69) is 20.2 Å². The fourth-order valence-electron chi connectivity index (χ4n) is 3.35. The van der Waals surface area contributed by atoms with Gasteiger partial charge in [0.25, 0.3) is 5.56 Å². The zero-order valence-corrected chi connectivity index (χ0v) is 14.4. The number of aryl methyl sites for hydroxylation is 1. The van der Waals surface area contributed by atoms with Gasteiger partial charge in [-0.15, -0.1) is 11.3 Å². The molecule has 0 aliphatic carbocycles. The number of hydrogen-bond donors (Lipinski definition) is 3. The Bertz CT molecular complexity index is 1000. The number of carboxylic acid groups (broad SMARTS) is 1. The number of rotatable bonds is 4. The van der Waals surface area contributed by atoms with Gasteiger partial charge < -0.3 is 10.1 Å². The van der Waals surface area contributed by atoms with Gasteiger partial charge in [0.05, 0.1) is 24.3 Å². The first kappa shape index (κ1) is 16.0. The number of carboxylic acids is 1. The average molecular weight is 359 g/mol. The number of thiophene rings is 1. The summed E-state index contributed by atoms with van der Waals surface area (Å²) < 4.78 is 0.571. The number of likely N-dealkylation sites (tertiary alicyclic amines) is 1. The van der Waals surface area contributed by atoms with Crippen LogP contribution < -0.4 is 5.56 Å². The molecule has 1 unspecified atom stereocenters. The van der Waals surface area contributed by atoms with Crippen molar-refractivity contribution < 1.29 is 9.90 Å². The molecule has 0 aromatic carbocycles. The standard InChI is InChI=1S/C16H17N5O3S/c1-8-9(6-17-20-8)12-5-10-14(25-12)16(24)19-15(18-10)11-3-2-4-21(11)7-13(22)23/h5-6,11H,2-4,7H2,1H3,(H,17,20)(H,22,23)(H,18,19,24). The van der Waals surface area contributed by atoms with Crippen molar-refractivity contribution in [3.05, 3.63) is 34.1 Å². The molecular weight excluding hydrogens is 342 g/mol. The minimum atomic E-state index is -0.872. The Morgan fingerprint density at radius 1 is 1.52 bits per heavy atom. The lowest BCUT2D eigenvalue weighted by atomic mass is 10.2. The summed E-state index contributed by atoms with van der Waals surface area (Å²) in [6.07, 6.45) is 3.42. The van der Waals surface area contributed by atoms with Gasteiger partial charge in [-0.05, 0) is 32.4 Å². The third-order valence-electron chi connectivity index (χ3n) is 4.51. The molecule has 0 spiro atoms. The fraction of sp³-hybridized carbons (Fsp3) is 0.375. The number of nitrogens with one attached hydrogen (secondary N) is 2. The molecule has 3 aromatic rings. The number of hydrogen-bond acceptors (Lipinski definition) is 6. The van der Waals surface area contributed by atoms with Crippen LogP contribution in [0.15, 0.2) is 17.1 Å². The second kappa shape index (κ2) is 6.08. The van der Waals surface area contributed by atoms with Gasteiger partial charge in [0.15, 0.2) is 0 Å². The number of carbonyl (C=O) groups is 1. The molecule has 1 saturated heterocycles. The fourth-order valence-corrected chi connectivity index (χ4v) is 4.41. The van der Waals surface area contributed by atoms with E-state index >= 15 is 0 Å². The molecule has 0 radical (unpaired) electrons. The lowest BCUT2D eigenvalue weighted by molar-refractivity contribution is -0.138. The average Bonchev–Trinajstić information content (AvgIpc) is 3.25. The summed E-state index contributed by atoms with van der Waals surface area (Å²) in [5, 5.41) is 16.0. The Morgan fingerprint density at radius 2 is 2.36 bits per heavy atom. The number of aromatic nitrogens is 4. The zero-order chi connectivity index (χ0) is 17.6. The summed E-state index contributed by atoms with van der Waals surface area (Å²) in [6, 6.07) is 1.74. The molecule has 0 bridgehead atoms. The molecule has 4 heterocycles. The highest BCUT2D eigenvalue weighted by Crippen LogP contribution is 2.34. The first-order chi connectivity index (χ1) is 12.0. The maximum absolute atomic E-state index is 12.5. The normalized spacial score (nSPS) is 18.2. The monoisotopic (exact) mass is 359 g/mol. The van der Waals surface area contributed by atoms with Gasteiger partial charge in [-0.3, -0.25) is 19.6 Å². The van der Waals surface area contributed by atoms with E-state index in [1.165, 1.54) is 11.3 Å². The van der Waals surface area contributed by atoms with Crippen molar-refractivity contribution in [3.63, 3.8) is 0 Å². The second-order valence-corrected chi connectivity index (χ2v) is 7.26. The van der Waals surface area contributed by atoms with Crippen LogP contribution >= 0.6 is 11.3 Å². The van der Waals surface area contributed by atoms with Gasteiger partial charge in [-0.25, -0.2) is 4.98 Å². The molecule has 1 aliphatic rings. The van der Waals surface area contributed by atoms with E-state index in [0.29, 0.717) is 22.6 Å². The Kier molecular flexibility index (Phi) is 3.89. The Balaban J connectivity index is 1.76. The number of fused-ring (bicyclic) bond motifs is 1. The molecule has 3 N–H and O–H groups in total. The number of aliphatic carboxylic acids is 1. The highest BCUT2D eigenvalue weighted by atomic mass is 32.1. The summed E-state index contributed by atoms with van der Waals surface area (Å²) in [5.41, 5.74) is 2.35. The van der Waals surface area contributed by atoms with Crippen LogP contribution in [0.1, 0.15) is 30.4 Å². The summed E-state index contributed by atoms with van der Waals surface area (Å²) in [4.78, 5) is 33.8. The van der Waals surface area contributed by atoms with Crippen LogP contribution in [0.3, 0.4) is 0 Å². The predicted molar refractivity (Wildman–Crippen MR) is 93.7 cm³/mol. The zero-order valence-electron chi connectivity index (χ0n) is 13.6. The van der Waals surface area contributed by atoms with Crippen molar-refractivity contribution in [2.75, 3.05) is 13.1 Å². The van der Waals surface area contributed by atoms with Crippen LogP contribution in [0.5, 0.6) is 0 Å². The Morgan fingerprint density at radius 3 is 3.08 bits per heavy atom. The molecule has 4 rings (SSSR count). The number of nitrogens with zero attached hydrogens (tertiary/aromatic N) is 3. The van der Waals surface area contributed by atoms with Crippen molar-refractivity contribution in [3.8, 4) is 10.4 Å². The lowest BCUT2D eigenvalue weighted by Gasteiger charge is -2.21. The maximum Gasteiger partial charge on any atom is 0.317 e. The smallest absolute Gasteiger partial charge is 0.317 e. The van der Waals surface area contributed by atoms with Crippen LogP contribution in [0.2, 0.25) is 0 Å². The highest BCUT2D eigenvalue weighted by molar-refractivity contribution is 7.22. The molecule has 1 fully saturated rings. The molecule has 1 aliphatic heterocycles. The Hall–Kier alpha value is -2.52. The molecule has 0 saturated carbocycles. The first-order valence-corrected chi connectivity index (χ1v) is 8.84. The van der Waals surface area contributed by atoms with Gasteiger partial charge in [0.1, 0.15) is 10.5 Å². The van der Waals surface area contributed by atoms with E-state index in [1.807, 2.05) is 17.9 Å². The lowest BCUT2D eigenvalue weighted by Crippen LogP contribution is -2.31. The van der Waals surface area contributed by atoms with Crippen LogP contribution in [0.4, 0.5) is 0 Å². The molecule has 1 atom stereocenters. The van der Waals surface area contributed by atoms with E-state index in [1.54, 1.807) is 6.20 Å². The van der Waals surface area contributed by atoms with Gasteiger partial charge >= 0.3 is 5.97 Å². The van der Waals surface area contributed by atoms with Gasteiger partial charge in [0.2, 0.25) is 0 Å². The summed E-state index contributed by atoms with van der Waals surface area (Å²) in [6.45, 7) is 2.58.